The average molecular weight is 381 g/mol. The lowest BCUT2D eigenvalue weighted by molar-refractivity contribution is -0.143. The fourth-order valence-electron chi connectivity index (χ4n) is 3.94. The molecule has 1 aliphatic carbocycles. The maximum Gasteiger partial charge on any atom is 0.306 e. The van der Waals surface area contributed by atoms with Crippen LogP contribution >= 0.6 is 0 Å². The van der Waals surface area contributed by atoms with Crippen LogP contribution in [0.5, 0.6) is 5.75 Å². The highest BCUT2D eigenvalue weighted by atomic mass is 19.1. The Morgan fingerprint density at radius 3 is 2.63 bits per heavy atom. The summed E-state index contributed by atoms with van der Waals surface area (Å²) in [6.07, 6.45) is 4.14. The van der Waals surface area contributed by atoms with Crippen molar-refractivity contribution in [2.75, 3.05) is 13.2 Å². The second-order valence-electron chi connectivity index (χ2n) is 7.48. The third-order valence-electron chi connectivity index (χ3n) is 5.54. The first kappa shape index (κ1) is 19.6. The number of hydrogen-bond donors (Lipinski definition) is 1. The molecule has 0 bridgehead atoms. The van der Waals surface area contributed by atoms with E-state index in [0.29, 0.717) is 31.4 Å². The van der Waals surface area contributed by atoms with Crippen molar-refractivity contribution >= 4 is 11.9 Å². The second kappa shape index (κ2) is 8.23. The zero-order valence-corrected chi connectivity index (χ0v) is 15.5. The molecule has 148 valence electrons. The molecule has 7 heteroatoms. The maximum atomic E-state index is 14.7. The Bertz CT molecular complexity index is 729. The Morgan fingerprint density at radius 1 is 1.30 bits per heavy atom. The average Bonchev–Trinajstić information content (AvgIpc) is 2.93. The molecule has 0 spiro atoms. The predicted octanol–water partition coefficient (Wildman–Crippen LogP) is 3.99. The first-order valence-electron chi connectivity index (χ1n) is 9.58. The van der Waals surface area contributed by atoms with Gasteiger partial charge in [-0.2, -0.15) is 0 Å². The largest absolute Gasteiger partial charge is 0.488 e. The van der Waals surface area contributed by atoms with Gasteiger partial charge in [-0.05, 0) is 49.7 Å². The summed E-state index contributed by atoms with van der Waals surface area (Å²) in [6.45, 7) is 2.76. The Balaban J connectivity index is 1.68. The molecule has 1 aliphatic heterocycles. The number of unbranched alkanes of at least 4 members (excludes halogenated alkanes) is 1. The summed E-state index contributed by atoms with van der Waals surface area (Å²) >= 11 is 0. The van der Waals surface area contributed by atoms with E-state index in [0.717, 1.165) is 19.3 Å². The van der Waals surface area contributed by atoms with E-state index in [9.17, 15) is 18.4 Å². The number of hydrogen-bond acceptors (Lipinski definition) is 3. The number of aliphatic carboxylic acids is 1. The van der Waals surface area contributed by atoms with Crippen molar-refractivity contribution in [3.8, 4) is 5.75 Å². The molecule has 0 aromatic heterocycles. The van der Waals surface area contributed by atoms with Gasteiger partial charge in [0.2, 0.25) is 0 Å². The standard InChI is InChI=1S/C20H25F2NO4/c1-2-3-8-27-18-15(21)9-14-11-23(19(24)16(14)17(18)22)10-12-4-6-13(7-5-12)20(25)26/h9,12-13H,2-8,10-11H2,1H3,(H,25,26). The monoisotopic (exact) mass is 381 g/mol. The topological polar surface area (TPSA) is 66.8 Å². The molecule has 0 saturated heterocycles. The van der Waals surface area contributed by atoms with E-state index in [1.54, 1.807) is 0 Å². The highest BCUT2D eigenvalue weighted by Crippen LogP contribution is 2.36. The number of carbonyl (C=O) groups is 2. The van der Waals surface area contributed by atoms with Crippen molar-refractivity contribution in [3.05, 3.63) is 28.8 Å². The number of nitrogens with zero attached hydrogens (tertiary/aromatic N) is 1. The highest BCUT2D eigenvalue weighted by molar-refractivity contribution is 5.99. The van der Waals surface area contributed by atoms with Gasteiger partial charge in [-0.15, -0.1) is 0 Å². The van der Waals surface area contributed by atoms with Crippen molar-refractivity contribution in [2.45, 2.75) is 52.0 Å². The van der Waals surface area contributed by atoms with Gasteiger partial charge < -0.3 is 14.7 Å². The van der Waals surface area contributed by atoms with Crippen molar-refractivity contribution in [3.63, 3.8) is 0 Å². The van der Waals surface area contributed by atoms with Crippen LogP contribution in [0.1, 0.15) is 61.4 Å². The lowest BCUT2D eigenvalue weighted by atomic mass is 9.82. The van der Waals surface area contributed by atoms with E-state index in [4.69, 9.17) is 9.84 Å². The van der Waals surface area contributed by atoms with Crippen LogP contribution in [-0.2, 0) is 11.3 Å². The van der Waals surface area contributed by atoms with E-state index >= 15 is 0 Å². The van der Waals surface area contributed by atoms with Crippen LogP contribution in [0.15, 0.2) is 6.07 Å². The number of carbonyl (C=O) groups excluding carboxylic acids is 1. The first-order valence-corrected chi connectivity index (χ1v) is 9.58. The second-order valence-corrected chi connectivity index (χ2v) is 7.48. The summed E-state index contributed by atoms with van der Waals surface area (Å²) in [6, 6.07) is 1.19. The maximum absolute atomic E-state index is 14.7. The molecule has 0 radical (unpaired) electrons. The van der Waals surface area contributed by atoms with Crippen LogP contribution in [0.25, 0.3) is 0 Å². The van der Waals surface area contributed by atoms with Crippen molar-refractivity contribution in [1.82, 2.24) is 4.90 Å². The SMILES string of the molecule is CCCCOc1c(F)cc2c(c1F)C(=O)N(CC1CCC(C(=O)O)CC1)C2. The van der Waals surface area contributed by atoms with Crippen molar-refractivity contribution in [1.29, 1.82) is 0 Å². The van der Waals surface area contributed by atoms with Gasteiger partial charge in [0.15, 0.2) is 17.4 Å². The predicted molar refractivity (Wildman–Crippen MR) is 94.6 cm³/mol. The first-order chi connectivity index (χ1) is 12.9. The minimum atomic E-state index is -0.914. The van der Waals surface area contributed by atoms with Gasteiger partial charge in [0, 0.05) is 13.1 Å². The van der Waals surface area contributed by atoms with Gasteiger partial charge in [-0.3, -0.25) is 9.59 Å². The van der Waals surface area contributed by atoms with E-state index in [-0.39, 0.29) is 30.6 Å². The molecule has 1 N–H and O–H groups in total. The van der Waals surface area contributed by atoms with Crippen LogP contribution < -0.4 is 4.74 Å². The van der Waals surface area contributed by atoms with Crippen LogP contribution in [0, 0.1) is 23.5 Å². The third-order valence-corrected chi connectivity index (χ3v) is 5.54. The zero-order valence-electron chi connectivity index (χ0n) is 15.5. The Morgan fingerprint density at radius 2 is 2.00 bits per heavy atom. The van der Waals surface area contributed by atoms with Gasteiger partial charge in [0.1, 0.15) is 0 Å². The van der Waals surface area contributed by atoms with E-state index in [2.05, 4.69) is 0 Å². The summed E-state index contributed by atoms with van der Waals surface area (Å²) < 4.78 is 34.2. The highest BCUT2D eigenvalue weighted by Gasteiger charge is 2.36. The summed E-state index contributed by atoms with van der Waals surface area (Å²) in [5, 5.41) is 9.08. The summed E-state index contributed by atoms with van der Waals surface area (Å²) in [7, 11) is 0. The van der Waals surface area contributed by atoms with E-state index in [1.807, 2.05) is 6.92 Å². The van der Waals surface area contributed by atoms with Crippen LogP contribution in [0.4, 0.5) is 8.78 Å². The number of carboxylic acid groups (broad SMARTS) is 1. The number of halogens is 2. The third kappa shape index (κ3) is 4.06. The molecular formula is C20H25F2NO4. The summed E-state index contributed by atoms with van der Waals surface area (Å²) in [5.41, 5.74) is 0.249. The van der Waals surface area contributed by atoms with Crippen LogP contribution in [0.2, 0.25) is 0 Å². The quantitative estimate of drug-likeness (QED) is 0.725. The van der Waals surface area contributed by atoms with Gasteiger partial charge in [-0.25, -0.2) is 8.78 Å². The smallest absolute Gasteiger partial charge is 0.306 e. The minimum Gasteiger partial charge on any atom is -0.488 e. The molecule has 3 rings (SSSR count). The number of amides is 1. The molecule has 1 fully saturated rings. The number of benzene rings is 1. The molecule has 2 aliphatic rings. The number of ether oxygens (including phenoxy) is 1. The molecule has 0 atom stereocenters. The molecular weight excluding hydrogens is 356 g/mol. The van der Waals surface area contributed by atoms with Gasteiger partial charge >= 0.3 is 5.97 Å². The molecule has 1 aromatic rings. The fourth-order valence-corrected chi connectivity index (χ4v) is 3.94. The van der Waals surface area contributed by atoms with Gasteiger partial charge in [0.25, 0.3) is 5.91 Å². The summed E-state index contributed by atoms with van der Waals surface area (Å²) in [5.74, 6) is -3.51. The molecule has 27 heavy (non-hydrogen) atoms. The van der Waals surface area contributed by atoms with Gasteiger partial charge in [-0.1, -0.05) is 13.3 Å². The Labute approximate surface area is 157 Å². The molecule has 1 amide bonds. The minimum absolute atomic E-state index is 0.0953. The van der Waals surface area contributed by atoms with Gasteiger partial charge in [0.05, 0.1) is 18.1 Å². The molecule has 1 saturated carbocycles. The van der Waals surface area contributed by atoms with Crippen molar-refractivity contribution in [2.24, 2.45) is 11.8 Å². The fraction of sp³-hybridized carbons (Fsp3) is 0.600. The lowest BCUT2D eigenvalue weighted by Crippen LogP contribution is -2.33. The number of carboxylic acids is 1. The van der Waals surface area contributed by atoms with Crippen LogP contribution in [-0.4, -0.2) is 35.0 Å². The molecule has 1 heterocycles. The van der Waals surface area contributed by atoms with Crippen LogP contribution in [0.3, 0.4) is 0 Å². The van der Waals surface area contributed by atoms with Crippen molar-refractivity contribution < 1.29 is 28.2 Å². The molecule has 5 nitrogen and oxygen atoms in total. The summed E-state index contributed by atoms with van der Waals surface area (Å²) in [4.78, 5) is 25.3. The Kier molecular flexibility index (Phi) is 5.97. The Hall–Kier alpha value is -2.18. The number of fused-ring (bicyclic) bond motifs is 1. The van der Waals surface area contributed by atoms with E-state index in [1.165, 1.54) is 11.0 Å². The normalized spacial score (nSPS) is 22.0. The lowest BCUT2D eigenvalue weighted by Gasteiger charge is -2.29. The van der Waals surface area contributed by atoms with E-state index < -0.39 is 29.3 Å². The molecule has 0 unspecified atom stereocenters. The molecule has 1 aromatic carbocycles. The zero-order chi connectivity index (χ0) is 19.6. The number of rotatable bonds is 7.